The summed E-state index contributed by atoms with van der Waals surface area (Å²) in [5.74, 6) is -3.62. The highest BCUT2D eigenvalue weighted by Crippen LogP contribution is 2.09. The van der Waals surface area contributed by atoms with Crippen molar-refractivity contribution in [2.24, 2.45) is 17.6 Å². The molecule has 6 unspecified atom stereocenters. The highest BCUT2D eigenvalue weighted by molar-refractivity contribution is 5.94. The Labute approximate surface area is 165 Å². The van der Waals surface area contributed by atoms with Gasteiger partial charge in [0, 0.05) is 0 Å². The molecule has 0 aromatic carbocycles. The monoisotopic (exact) mass is 402 g/mol. The molecule has 0 spiro atoms. The molecular formula is C18H34N4O6. The molecule has 0 rings (SSSR count). The predicted octanol–water partition coefficient (Wildman–Crippen LogP) is -1.04. The van der Waals surface area contributed by atoms with Crippen LogP contribution in [0.5, 0.6) is 0 Å². The number of hydrogen-bond donors (Lipinski definition) is 6. The first-order valence-corrected chi connectivity index (χ1v) is 9.40. The van der Waals surface area contributed by atoms with Gasteiger partial charge in [-0.2, -0.15) is 0 Å². The van der Waals surface area contributed by atoms with Gasteiger partial charge in [0.05, 0.1) is 12.1 Å². The van der Waals surface area contributed by atoms with Crippen molar-refractivity contribution in [3.05, 3.63) is 0 Å². The van der Waals surface area contributed by atoms with E-state index in [2.05, 4.69) is 16.0 Å². The van der Waals surface area contributed by atoms with Crippen molar-refractivity contribution in [3.63, 3.8) is 0 Å². The molecule has 0 aromatic rings. The van der Waals surface area contributed by atoms with E-state index in [9.17, 15) is 24.3 Å². The third kappa shape index (κ3) is 7.81. The summed E-state index contributed by atoms with van der Waals surface area (Å²) < 4.78 is 0. The lowest BCUT2D eigenvalue weighted by molar-refractivity contribution is -0.145. The van der Waals surface area contributed by atoms with Crippen LogP contribution in [0, 0.1) is 11.8 Å². The lowest BCUT2D eigenvalue weighted by Crippen LogP contribution is -2.59. The van der Waals surface area contributed by atoms with Crippen molar-refractivity contribution >= 4 is 23.7 Å². The lowest BCUT2D eigenvalue weighted by Gasteiger charge is -2.27. The van der Waals surface area contributed by atoms with E-state index in [1.807, 2.05) is 6.92 Å². The van der Waals surface area contributed by atoms with Crippen LogP contribution in [0.2, 0.25) is 0 Å². The first-order valence-electron chi connectivity index (χ1n) is 9.40. The molecule has 0 aromatic heterocycles. The van der Waals surface area contributed by atoms with Gasteiger partial charge in [-0.15, -0.1) is 0 Å². The van der Waals surface area contributed by atoms with Crippen LogP contribution in [0.3, 0.4) is 0 Å². The smallest absolute Gasteiger partial charge is 0.328 e. The molecule has 3 amide bonds. The third-order valence-corrected chi connectivity index (χ3v) is 4.61. The van der Waals surface area contributed by atoms with Crippen LogP contribution in [-0.2, 0) is 19.2 Å². The number of carbonyl (C=O) groups is 4. The molecule has 10 nitrogen and oxygen atoms in total. The fourth-order valence-electron chi connectivity index (χ4n) is 2.29. The minimum atomic E-state index is -1.50. The van der Waals surface area contributed by atoms with E-state index in [4.69, 9.17) is 10.8 Å². The molecule has 0 heterocycles. The SMILES string of the molecule is CCC(C)C(NC(=O)C(C)NC(=O)C(N)C(C)C)C(=O)NC(C(=O)O)C(C)O. The Bertz CT molecular complexity index is 566. The van der Waals surface area contributed by atoms with E-state index in [-0.39, 0.29) is 11.8 Å². The summed E-state index contributed by atoms with van der Waals surface area (Å²) in [6.07, 6.45) is -0.783. The lowest BCUT2D eigenvalue weighted by atomic mass is 9.97. The topological polar surface area (TPSA) is 171 Å². The molecule has 0 bridgehead atoms. The first kappa shape index (κ1) is 25.8. The maximum atomic E-state index is 12.5. The Morgan fingerprint density at radius 2 is 1.36 bits per heavy atom. The normalized spacial score (nSPS) is 17.6. The van der Waals surface area contributed by atoms with Gasteiger partial charge in [-0.05, 0) is 25.7 Å². The number of aliphatic hydroxyl groups excluding tert-OH is 1. The molecule has 10 heteroatoms. The summed E-state index contributed by atoms with van der Waals surface area (Å²) in [7, 11) is 0. The number of amides is 3. The second-order valence-corrected chi connectivity index (χ2v) is 7.44. The van der Waals surface area contributed by atoms with Gasteiger partial charge in [0.25, 0.3) is 0 Å². The van der Waals surface area contributed by atoms with Crippen LogP contribution in [0.25, 0.3) is 0 Å². The summed E-state index contributed by atoms with van der Waals surface area (Å²) >= 11 is 0. The molecule has 0 radical (unpaired) electrons. The highest BCUT2D eigenvalue weighted by Gasteiger charge is 2.33. The van der Waals surface area contributed by atoms with Gasteiger partial charge < -0.3 is 31.9 Å². The summed E-state index contributed by atoms with van der Waals surface area (Å²) in [5.41, 5.74) is 5.75. The number of carboxylic acid groups (broad SMARTS) is 1. The Morgan fingerprint density at radius 1 is 0.857 bits per heavy atom. The minimum Gasteiger partial charge on any atom is -0.480 e. The summed E-state index contributed by atoms with van der Waals surface area (Å²) in [5, 5.41) is 25.9. The number of carbonyl (C=O) groups excluding carboxylic acids is 3. The van der Waals surface area contributed by atoms with Crippen LogP contribution < -0.4 is 21.7 Å². The van der Waals surface area contributed by atoms with E-state index in [1.54, 1.807) is 20.8 Å². The van der Waals surface area contributed by atoms with Gasteiger partial charge >= 0.3 is 5.97 Å². The van der Waals surface area contributed by atoms with Crippen LogP contribution in [0.4, 0.5) is 0 Å². The van der Waals surface area contributed by atoms with Gasteiger partial charge in [0.1, 0.15) is 12.1 Å². The van der Waals surface area contributed by atoms with Crippen molar-refractivity contribution < 1.29 is 29.4 Å². The second kappa shape index (κ2) is 11.6. The van der Waals surface area contributed by atoms with Crippen molar-refractivity contribution in [1.29, 1.82) is 0 Å². The number of hydrogen-bond acceptors (Lipinski definition) is 6. The van der Waals surface area contributed by atoms with Crippen molar-refractivity contribution in [2.45, 2.75) is 78.2 Å². The summed E-state index contributed by atoms with van der Waals surface area (Å²) in [6, 6.07) is -4.25. The van der Waals surface area contributed by atoms with E-state index in [0.29, 0.717) is 6.42 Å². The molecule has 28 heavy (non-hydrogen) atoms. The molecular weight excluding hydrogens is 368 g/mol. The molecule has 162 valence electrons. The van der Waals surface area contributed by atoms with E-state index in [0.717, 1.165) is 0 Å². The standard InChI is InChI=1S/C18H34N4O6/c1-7-9(4)13(17(26)22-14(11(6)23)18(27)28)21-15(24)10(5)20-16(25)12(19)8(2)3/h8-14,23H,7,19H2,1-6H3,(H,20,25)(H,21,24)(H,22,26)(H,27,28). The number of carboxylic acids is 1. The quantitative estimate of drug-likeness (QED) is 0.256. The Kier molecular flexibility index (Phi) is 10.7. The van der Waals surface area contributed by atoms with Gasteiger partial charge in [0.2, 0.25) is 17.7 Å². The molecule has 7 N–H and O–H groups in total. The van der Waals surface area contributed by atoms with Crippen molar-refractivity contribution in [1.82, 2.24) is 16.0 Å². The number of aliphatic carboxylic acids is 1. The molecule has 0 aliphatic carbocycles. The molecule has 0 aliphatic heterocycles. The van der Waals surface area contributed by atoms with Crippen LogP contribution in [0.1, 0.15) is 48.0 Å². The second-order valence-electron chi connectivity index (χ2n) is 7.44. The van der Waals surface area contributed by atoms with Crippen molar-refractivity contribution in [2.75, 3.05) is 0 Å². The maximum Gasteiger partial charge on any atom is 0.328 e. The average molecular weight is 402 g/mol. The Hall–Kier alpha value is -2.20. The fourth-order valence-corrected chi connectivity index (χ4v) is 2.29. The van der Waals surface area contributed by atoms with E-state index in [1.165, 1.54) is 13.8 Å². The molecule has 0 saturated heterocycles. The minimum absolute atomic E-state index is 0.109. The van der Waals surface area contributed by atoms with Gasteiger partial charge in [-0.3, -0.25) is 14.4 Å². The number of aliphatic hydroxyl groups is 1. The predicted molar refractivity (Wildman–Crippen MR) is 103 cm³/mol. The Balaban J connectivity index is 5.18. The van der Waals surface area contributed by atoms with Gasteiger partial charge in [0.15, 0.2) is 6.04 Å². The number of nitrogens with two attached hydrogens (primary N) is 1. The summed E-state index contributed by atoms with van der Waals surface area (Å²) in [6.45, 7) is 9.79. The zero-order valence-electron chi connectivity index (χ0n) is 17.4. The van der Waals surface area contributed by atoms with Crippen LogP contribution >= 0.6 is 0 Å². The zero-order chi connectivity index (χ0) is 22.2. The third-order valence-electron chi connectivity index (χ3n) is 4.61. The molecule has 6 atom stereocenters. The van der Waals surface area contributed by atoms with Crippen LogP contribution in [-0.4, -0.2) is 64.2 Å². The maximum absolute atomic E-state index is 12.5. The Morgan fingerprint density at radius 3 is 1.75 bits per heavy atom. The van der Waals surface area contributed by atoms with Crippen LogP contribution in [0.15, 0.2) is 0 Å². The average Bonchev–Trinajstić information content (AvgIpc) is 2.61. The number of rotatable bonds is 11. The number of nitrogens with one attached hydrogen (secondary N) is 3. The summed E-state index contributed by atoms with van der Waals surface area (Å²) in [4.78, 5) is 48.2. The largest absolute Gasteiger partial charge is 0.480 e. The molecule has 0 saturated carbocycles. The highest BCUT2D eigenvalue weighted by atomic mass is 16.4. The van der Waals surface area contributed by atoms with Gasteiger partial charge in [-0.1, -0.05) is 34.1 Å². The van der Waals surface area contributed by atoms with Gasteiger partial charge in [-0.25, -0.2) is 4.79 Å². The zero-order valence-corrected chi connectivity index (χ0v) is 17.4. The fraction of sp³-hybridized carbons (Fsp3) is 0.778. The first-order chi connectivity index (χ1) is 12.8. The van der Waals surface area contributed by atoms with E-state index < -0.39 is 54.0 Å². The van der Waals surface area contributed by atoms with E-state index >= 15 is 0 Å². The molecule has 0 aliphatic rings. The molecule has 0 fully saturated rings. The van der Waals surface area contributed by atoms with Crippen molar-refractivity contribution in [3.8, 4) is 0 Å².